The molecule has 16 heavy (non-hydrogen) atoms. The number of nitrogens with zero attached hydrogens (tertiary/aromatic N) is 3. The third kappa shape index (κ3) is 2.80. The average molecular weight is 237 g/mol. The molecule has 2 heterocycles. The minimum atomic E-state index is -0.115. The maximum atomic E-state index is 11.5. The molecule has 1 amide bonds. The Hall–Kier alpha value is -1.89. The topological polar surface area (TPSA) is 85.8 Å². The van der Waals surface area contributed by atoms with E-state index in [-0.39, 0.29) is 18.4 Å². The first-order chi connectivity index (χ1) is 7.74. The van der Waals surface area contributed by atoms with Gasteiger partial charge in [0.05, 0.1) is 0 Å². The molecular formula is C9H11N5OS. The molecule has 0 aliphatic carbocycles. The number of amides is 1. The molecule has 0 unspecified atom stereocenters. The number of nitrogens with one attached hydrogen (secondary N) is 1. The zero-order chi connectivity index (χ0) is 11.4. The second-order valence-electron chi connectivity index (χ2n) is 3.21. The predicted octanol–water partition coefficient (Wildman–Crippen LogP) is 0.238. The fourth-order valence-electron chi connectivity index (χ4n) is 1.18. The highest BCUT2D eigenvalue weighted by atomic mass is 32.1. The quantitative estimate of drug-likeness (QED) is 0.797. The van der Waals surface area contributed by atoms with Gasteiger partial charge in [0.1, 0.15) is 12.9 Å². The molecule has 3 N–H and O–H groups in total. The minimum Gasteiger partial charge on any atom is -0.367 e. The summed E-state index contributed by atoms with van der Waals surface area (Å²) in [5.41, 5.74) is 6.43. The smallest absolute Gasteiger partial charge is 0.242 e. The van der Waals surface area contributed by atoms with Crippen LogP contribution in [-0.2, 0) is 17.9 Å². The summed E-state index contributed by atoms with van der Waals surface area (Å²) in [4.78, 5) is 15.2. The lowest BCUT2D eigenvalue weighted by molar-refractivity contribution is -0.122. The summed E-state index contributed by atoms with van der Waals surface area (Å²) in [6.07, 6.45) is 1.43. The Labute approximate surface area is 96.1 Å². The van der Waals surface area contributed by atoms with Gasteiger partial charge in [0.25, 0.3) is 0 Å². The zero-order valence-electron chi connectivity index (χ0n) is 8.46. The molecule has 7 heteroatoms. The molecule has 0 spiro atoms. The molecule has 0 atom stereocenters. The van der Waals surface area contributed by atoms with Gasteiger partial charge in [0, 0.05) is 6.54 Å². The van der Waals surface area contributed by atoms with Gasteiger partial charge in [-0.05, 0) is 22.4 Å². The monoisotopic (exact) mass is 237 g/mol. The summed E-state index contributed by atoms with van der Waals surface area (Å²) in [5, 5.41) is 10.6. The van der Waals surface area contributed by atoms with Gasteiger partial charge in [0.2, 0.25) is 11.9 Å². The second kappa shape index (κ2) is 4.75. The molecule has 0 radical (unpaired) electrons. The lowest BCUT2D eigenvalue weighted by atomic mass is 10.3. The number of anilines is 1. The summed E-state index contributed by atoms with van der Waals surface area (Å²) >= 11 is 1.60. The van der Waals surface area contributed by atoms with E-state index in [1.807, 2.05) is 16.8 Å². The SMILES string of the molecule is Nc1ncn(CC(=O)NCc2ccsc2)n1. The van der Waals surface area contributed by atoms with Crippen LogP contribution >= 0.6 is 11.3 Å². The van der Waals surface area contributed by atoms with E-state index in [0.717, 1.165) is 5.56 Å². The summed E-state index contributed by atoms with van der Waals surface area (Å²) in [7, 11) is 0. The van der Waals surface area contributed by atoms with E-state index in [1.165, 1.54) is 11.0 Å². The summed E-state index contributed by atoms with van der Waals surface area (Å²) in [5.74, 6) is 0.0572. The maximum absolute atomic E-state index is 11.5. The van der Waals surface area contributed by atoms with Gasteiger partial charge in [-0.15, -0.1) is 5.10 Å². The summed E-state index contributed by atoms with van der Waals surface area (Å²) < 4.78 is 1.40. The molecule has 2 aromatic rings. The summed E-state index contributed by atoms with van der Waals surface area (Å²) in [6.45, 7) is 0.668. The van der Waals surface area contributed by atoms with Crippen LogP contribution in [-0.4, -0.2) is 20.7 Å². The van der Waals surface area contributed by atoms with Crippen LogP contribution in [0.2, 0.25) is 0 Å². The lowest BCUT2D eigenvalue weighted by Gasteiger charge is -2.03. The molecule has 6 nitrogen and oxygen atoms in total. The van der Waals surface area contributed by atoms with Gasteiger partial charge >= 0.3 is 0 Å². The van der Waals surface area contributed by atoms with Crippen LogP contribution in [0.4, 0.5) is 5.95 Å². The highest BCUT2D eigenvalue weighted by Crippen LogP contribution is 2.04. The average Bonchev–Trinajstić information content (AvgIpc) is 2.87. The number of rotatable bonds is 4. The zero-order valence-corrected chi connectivity index (χ0v) is 9.28. The van der Waals surface area contributed by atoms with Crippen LogP contribution in [0, 0.1) is 0 Å². The van der Waals surface area contributed by atoms with Crippen LogP contribution in [0.15, 0.2) is 23.2 Å². The van der Waals surface area contributed by atoms with Crippen molar-refractivity contribution in [2.24, 2.45) is 0 Å². The molecule has 0 fully saturated rings. The molecular weight excluding hydrogens is 226 g/mol. The molecule has 0 saturated carbocycles. The highest BCUT2D eigenvalue weighted by Gasteiger charge is 2.04. The van der Waals surface area contributed by atoms with E-state index in [0.29, 0.717) is 6.54 Å². The third-order valence-electron chi connectivity index (χ3n) is 1.93. The van der Waals surface area contributed by atoms with Crippen LogP contribution in [0.1, 0.15) is 5.56 Å². The Kier molecular flexibility index (Phi) is 3.16. The molecule has 0 aliphatic heterocycles. The first-order valence-electron chi connectivity index (χ1n) is 4.67. The minimum absolute atomic E-state index is 0.115. The van der Waals surface area contributed by atoms with Crippen molar-refractivity contribution in [1.82, 2.24) is 20.1 Å². The highest BCUT2D eigenvalue weighted by molar-refractivity contribution is 7.07. The van der Waals surface area contributed by atoms with E-state index in [4.69, 9.17) is 5.73 Å². The van der Waals surface area contributed by atoms with Gasteiger partial charge in [-0.25, -0.2) is 9.67 Å². The lowest BCUT2D eigenvalue weighted by Crippen LogP contribution is -2.27. The van der Waals surface area contributed by atoms with Crippen molar-refractivity contribution in [2.45, 2.75) is 13.1 Å². The van der Waals surface area contributed by atoms with Crippen molar-refractivity contribution >= 4 is 23.2 Å². The van der Waals surface area contributed by atoms with Crippen LogP contribution in [0.25, 0.3) is 0 Å². The number of hydrogen-bond acceptors (Lipinski definition) is 5. The number of thiophene rings is 1. The van der Waals surface area contributed by atoms with E-state index in [1.54, 1.807) is 11.3 Å². The standard InChI is InChI=1S/C9H11N5OS/c10-9-12-6-14(13-9)4-8(15)11-3-7-1-2-16-5-7/h1-2,5-6H,3-4H2,(H2,10,13)(H,11,15). The molecule has 2 aromatic heterocycles. The maximum Gasteiger partial charge on any atom is 0.242 e. The Morgan fingerprint density at radius 1 is 1.62 bits per heavy atom. The molecule has 0 aliphatic rings. The van der Waals surface area contributed by atoms with Crippen molar-refractivity contribution in [1.29, 1.82) is 0 Å². The molecule has 0 saturated heterocycles. The van der Waals surface area contributed by atoms with Crippen LogP contribution < -0.4 is 11.1 Å². The largest absolute Gasteiger partial charge is 0.367 e. The van der Waals surface area contributed by atoms with Gasteiger partial charge in [-0.1, -0.05) is 0 Å². The first kappa shape index (κ1) is 10.6. The predicted molar refractivity (Wildman–Crippen MR) is 60.6 cm³/mol. The number of aromatic nitrogens is 3. The molecule has 0 bridgehead atoms. The Balaban J connectivity index is 1.81. The molecule has 84 valence electrons. The fourth-order valence-corrected chi connectivity index (χ4v) is 1.85. The van der Waals surface area contributed by atoms with E-state index in [9.17, 15) is 4.79 Å². The van der Waals surface area contributed by atoms with Crippen molar-refractivity contribution in [2.75, 3.05) is 5.73 Å². The molecule has 0 aromatic carbocycles. The van der Waals surface area contributed by atoms with Crippen LogP contribution in [0.5, 0.6) is 0 Å². The van der Waals surface area contributed by atoms with E-state index in [2.05, 4.69) is 15.4 Å². The number of nitrogen functional groups attached to an aromatic ring is 1. The Morgan fingerprint density at radius 2 is 2.50 bits per heavy atom. The Bertz CT molecular complexity index is 464. The van der Waals surface area contributed by atoms with Gasteiger partial charge in [0.15, 0.2) is 0 Å². The van der Waals surface area contributed by atoms with Crippen molar-refractivity contribution in [3.05, 3.63) is 28.7 Å². The van der Waals surface area contributed by atoms with E-state index >= 15 is 0 Å². The fraction of sp³-hybridized carbons (Fsp3) is 0.222. The van der Waals surface area contributed by atoms with E-state index < -0.39 is 0 Å². The van der Waals surface area contributed by atoms with Crippen molar-refractivity contribution in [3.63, 3.8) is 0 Å². The van der Waals surface area contributed by atoms with Gasteiger partial charge in [-0.2, -0.15) is 11.3 Å². The van der Waals surface area contributed by atoms with Gasteiger partial charge in [-0.3, -0.25) is 4.79 Å². The molecule has 2 rings (SSSR count). The number of carbonyl (C=O) groups excluding carboxylic acids is 1. The normalized spacial score (nSPS) is 10.2. The third-order valence-corrected chi connectivity index (χ3v) is 2.66. The van der Waals surface area contributed by atoms with Crippen LogP contribution in [0.3, 0.4) is 0 Å². The number of hydrogen-bond donors (Lipinski definition) is 2. The number of carbonyl (C=O) groups is 1. The second-order valence-corrected chi connectivity index (χ2v) is 3.99. The van der Waals surface area contributed by atoms with Crippen molar-refractivity contribution < 1.29 is 4.79 Å². The van der Waals surface area contributed by atoms with Gasteiger partial charge < -0.3 is 11.1 Å². The Morgan fingerprint density at radius 3 is 3.12 bits per heavy atom. The number of nitrogens with two attached hydrogens (primary N) is 1. The van der Waals surface area contributed by atoms with Crippen molar-refractivity contribution in [3.8, 4) is 0 Å². The summed E-state index contributed by atoms with van der Waals surface area (Å²) in [6, 6.07) is 1.97. The first-order valence-corrected chi connectivity index (χ1v) is 5.61.